The molecule has 2 aliphatic rings. The van der Waals surface area contributed by atoms with Gasteiger partial charge >= 0.3 is 0 Å². The molecule has 1 amide bonds. The third-order valence-electron chi connectivity index (χ3n) is 5.84. The molecule has 0 N–H and O–H groups in total. The maximum atomic E-state index is 13.2. The van der Waals surface area contributed by atoms with Crippen LogP contribution in [0.3, 0.4) is 0 Å². The largest absolute Gasteiger partial charge is 0.340 e. The predicted octanol–water partition coefficient (Wildman–Crippen LogP) is 1.75. The highest BCUT2D eigenvalue weighted by Gasteiger charge is 2.34. The highest BCUT2D eigenvalue weighted by Crippen LogP contribution is 2.15. The molecule has 0 spiro atoms. The molecule has 0 bridgehead atoms. The van der Waals surface area contributed by atoms with Gasteiger partial charge in [0.25, 0.3) is 0 Å². The lowest BCUT2D eigenvalue weighted by Gasteiger charge is -2.42. The Balaban J connectivity index is 1.56. The number of likely N-dealkylation sites (N-methyl/N-ethyl adjacent to an activating group) is 1. The van der Waals surface area contributed by atoms with Gasteiger partial charge in [0.2, 0.25) is 5.91 Å². The van der Waals surface area contributed by atoms with Gasteiger partial charge in [0.05, 0.1) is 0 Å². The van der Waals surface area contributed by atoms with Crippen molar-refractivity contribution in [3.8, 4) is 0 Å². The van der Waals surface area contributed by atoms with Crippen LogP contribution in [0, 0.1) is 0 Å². The van der Waals surface area contributed by atoms with Crippen LogP contribution in [0.1, 0.15) is 25.8 Å². The van der Waals surface area contributed by atoms with Crippen LogP contribution in [0.4, 0.5) is 0 Å². The molecule has 1 aromatic carbocycles. The standard InChI is InChI=1S/C21H34N4O/c1-18(2)25-14-12-22(3)20(17-25)21(26)24-11-7-10-23(13-15-24)16-19-8-5-4-6-9-19/h4-6,8-9,18,20H,7,10-17H2,1-3H3. The maximum Gasteiger partial charge on any atom is 0.241 e. The molecule has 2 saturated heterocycles. The summed E-state index contributed by atoms with van der Waals surface area (Å²) in [6.45, 7) is 12.1. The van der Waals surface area contributed by atoms with Crippen molar-refractivity contribution in [3.63, 3.8) is 0 Å². The van der Waals surface area contributed by atoms with Crippen LogP contribution in [0.15, 0.2) is 30.3 Å². The zero-order valence-electron chi connectivity index (χ0n) is 16.6. The molecule has 3 rings (SSSR count). The summed E-state index contributed by atoms with van der Waals surface area (Å²) in [7, 11) is 2.10. The van der Waals surface area contributed by atoms with E-state index in [1.54, 1.807) is 0 Å². The third-order valence-corrected chi connectivity index (χ3v) is 5.84. The van der Waals surface area contributed by atoms with Crippen molar-refractivity contribution in [1.29, 1.82) is 0 Å². The molecule has 2 heterocycles. The highest BCUT2D eigenvalue weighted by molar-refractivity contribution is 5.82. The Labute approximate surface area is 158 Å². The summed E-state index contributed by atoms with van der Waals surface area (Å²) >= 11 is 0. The van der Waals surface area contributed by atoms with Crippen molar-refractivity contribution in [3.05, 3.63) is 35.9 Å². The molecule has 0 radical (unpaired) electrons. The van der Waals surface area contributed by atoms with E-state index in [2.05, 4.69) is 70.8 Å². The molecule has 0 aliphatic carbocycles. The van der Waals surface area contributed by atoms with Crippen molar-refractivity contribution in [2.75, 3.05) is 52.9 Å². The fourth-order valence-corrected chi connectivity index (χ4v) is 4.03. The van der Waals surface area contributed by atoms with Crippen LogP contribution in [0.5, 0.6) is 0 Å². The van der Waals surface area contributed by atoms with Crippen molar-refractivity contribution in [1.82, 2.24) is 19.6 Å². The monoisotopic (exact) mass is 358 g/mol. The van der Waals surface area contributed by atoms with Gasteiger partial charge < -0.3 is 4.90 Å². The van der Waals surface area contributed by atoms with Gasteiger partial charge in [-0.05, 0) is 32.9 Å². The molecule has 1 unspecified atom stereocenters. The summed E-state index contributed by atoms with van der Waals surface area (Å²) in [5, 5.41) is 0. The van der Waals surface area contributed by atoms with E-state index < -0.39 is 0 Å². The second kappa shape index (κ2) is 8.98. The van der Waals surface area contributed by atoms with E-state index in [0.717, 1.165) is 58.8 Å². The summed E-state index contributed by atoms with van der Waals surface area (Å²) < 4.78 is 0. The first-order valence-electron chi connectivity index (χ1n) is 10.0. The Morgan fingerprint density at radius 1 is 1.04 bits per heavy atom. The number of benzene rings is 1. The van der Waals surface area contributed by atoms with Crippen molar-refractivity contribution < 1.29 is 4.79 Å². The number of nitrogens with zero attached hydrogens (tertiary/aromatic N) is 4. The smallest absolute Gasteiger partial charge is 0.241 e. The molecule has 0 saturated carbocycles. The second-order valence-electron chi connectivity index (χ2n) is 8.03. The van der Waals surface area contributed by atoms with Crippen molar-refractivity contribution >= 4 is 5.91 Å². The predicted molar refractivity (Wildman–Crippen MR) is 106 cm³/mol. The van der Waals surface area contributed by atoms with Gasteiger partial charge in [0.15, 0.2) is 0 Å². The maximum absolute atomic E-state index is 13.2. The summed E-state index contributed by atoms with van der Waals surface area (Å²) in [6.07, 6.45) is 1.06. The molecule has 2 aliphatic heterocycles. The number of amides is 1. The fourth-order valence-electron chi connectivity index (χ4n) is 4.03. The number of rotatable bonds is 4. The van der Waals surface area contributed by atoms with Gasteiger partial charge in [-0.15, -0.1) is 0 Å². The molecule has 5 nitrogen and oxygen atoms in total. The van der Waals surface area contributed by atoms with Gasteiger partial charge in [-0.25, -0.2) is 0 Å². The summed E-state index contributed by atoms with van der Waals surface area (Å²) in [5.41, 5.74) is 1.35. The lowest BCUT2D eigenvalue weighted by Crippen LogP contribution is -2.59. The minimum atomic E-state index is 0.00632. The van der Waals surface area contributed by atoms with Gasteiger partial charge in [-0.1, -0.05) is 30.3 Å². The molecule has 0 aromatic heterocycles. The lowest BCUT2D eigenvalue weighted by molar-refractivity contribution is -0.139. The van der Waals surface area contributed by atoms with Crippen LogP contribution in [0.25, 0.3) is 0 Å². The van der Waals surface area contributed by atoms with E-state index in [4.69, 9.17) is 0 Å². The molecular weight excluding hydrogens is 324 g/mol. The zero-order chi connectivity index (χ0) is 18.5. The summed E-state index contributed by atoms with van der Waals surface area (Å²) in [6, 6.07) is 11.1. The third kappa shape index (κ3) is 4.84. The first-order chi connectivity index (χ1) is 12.5. The van der Waals surface area contributed by atoms with E-state index in [0.29, 0.717) is 11.9 Å². The lowest BCUT2D eigenvalue weighted by atomic mass is 10.1. The normalized spacial score (nSPS) is 24.0. The zero-order valence-corrected chi connectivity index (χ0v) is 16.6. The molecule has 1 atom stereocenters. The number of piperazine rings is 1. The summed E-state index contributed by atoms with van der Waals surface area (Å²) in [4.78, 5) is 22.5. The number of carbonyl (C=O) groups excluding carboxylic acids is 1. The highest BCUT2D eigenvalue weighted by atomic mass is 16.2. The van der Waals surface area contributed by atoms with Crippen molar-refractivity contribution in [2.24, 2.45) is 0 Å². The molecule has 26 heavy (non-hydrogen) atoms. The molecular formula is C21H34N4O. The first-order valence-corrected chi connectivity index (χ1v) is 10.0. The van der Waals surface area contributed by atoms with E-state index in [1.165, 1.54) is 5.56 Å². The first kappa shape index (κ1) is 19.3. The number of hydrogen-bond donors (Lipinski definition) is 0. The SMILES string of the molecule is CC(C)N1CCN(C)C(C(=O)N2CCCN(Cc3ccccc3)CC2)C1. The molecule has 2 fully saturated rings. The van der Waals surface area contributed by atoms with E-state index >= 15 is 0 Å². The van der Waals surface area contributed by atoms with Crippen LogP contribution >= 0.6 is 0 Å². The number of carbonyl (C=O) groups is 1. The van der Waals surface area contributed by atoms with Crippen LogP contribution < -0.4 is 0 Å². The average Bonchev–Trinajstić information content (AvgIpc) is 2.88. The Kier molecular flexibility index (Phi) is 6.68. The van der Waals surface area contributed by atoms with E-state index in [9.17, 15) is 4.79 Å². The minimum absolute atomic E-state index is 0.00632. The fraction of sp³-hybridized carbons (Fsp3) is 0.667. The minimum Gasteiger partial charge on any atom is -0.340 e. The van der Waals surface area contributed by atoms with Crippen LogP contribution in [-0.4, -0.2) is 90.5 Å². The Morgan fingerprint density at radius 2 is 1.81 bits per heavy atom. The van der Waals surface area contributed by atoms with E-state index in [-0.39, 0.29) is 6.04 Å². The van der Waals surface area contributed by atoms with Crippen molar-refractivity contribution in [2.45, 2.75) is 38.9 Å². The van der Waals surface area contributed by atoms with E-state index in [1.807, 2.05) is 0 Å². The average molecular weight is 359 g/mol. The Bertz CT molecular complexity index is 577. The number of hydrogen-bond acceptors (Lipinski definition) is 4. The Morgan fingerprint density at radius 3 is 2.54 bits per heavy atom. The molecule has 1 aromatic rings. The molecule has 5 heteroatoms. The Hall–Kier alpha value is -1.43. The van der Waals surface area contributed by atoms with Crippen LogP contribution in [-0.2, 0) is 11.3 Å². The van der Waals surface area contributed by atoms with Gasteiger partial charge in [0.1, 0.15) is 6.04 Å². The van der Waals surface area contributed by atoms with Gasteiger partial charge in [-0.3, -0.25) is 19.5 Å². The summed E-state index contributed by atoms with van der Waals surface area (Å²) in [5.74, 6) is 0.319. The molecule has 144 valence electrons. The van der Waals surface area contributed by atoms with Gasteiger partial charge in [0, 0.05) is 58.4 Å². The quantitative estimate of drug-likeness (QED) is 0.820. The topological polar surface area (TPSA) is 30.0 Å². The van der Waals surface area contributed by atoms with Crippen LogP contribution in [0.2, 0.25) is 0 Å². The second-order valence-corrected chi connectivity index (χ2v) is 8.03. The van der Waals surface area contributed by atoms with Gasteiger partial charge in [-0.2, -0.15) is 0 Å².